The summed E-state index contributed by atoms with van der Waals surface area (Å²) in [5.74, 6) is -0.279. The number of Topliss-reactive ketones (excluding diaryl/α,β-unsaturated/α-hetero) is 1. The van der Waals surface area contributed by atoms with Gasteiger partial charge in [0.1, 0.15) is 5.82 Å². The van der Waals surface area contributed by atoms with E-state index in [1.807, 2.05) is 0 Å². The standard InChI is InChI=1S/C18H18ClN3O3/c1-9-13(10(2)23)14(11-5-7-12(19)8-6-11)15-16(20-9)21(3)18(25)22(4)17(15)24/h5-8,14,20H,1-4H3. The van der Waals surface area contributed by atoms with E-state index in [1.165, 1.54) is 18.5 Å². The van der Waals surface area contributed by atoms with Crippen LogP contribution in [0.15, 0.2) is 45.1 Å². The zero-order valence-corrected chi connectivity index (χ0v) is 15.1. The molecule has 1 N–H and O–H groups in total. The Morgan fingerprint density at radius 2 is 1.72 bits per heavy atom. The van der Waals surface area contributed by atoms with Crippen molar-refractivity contribution >= 4 is 23.2 Å². The minimum atomic E-state index is -0.559. The summed E-state index contributed by atoms with van der Waals surface area (Å²) in [4.78, 5) is 37.4. The Balaban J connectivity index is 2.42. The van der Waals surface area contributed by atoms with Crippen molar-refractivity contribution in [3.63, 3.8) is 0 Å². The number of aromatic nitrogens is 2. The number of carbonyl (C=O) groups excluding carboxylic acids is 1. The van der Waals surface area contributed by atoms with Crippen LogP contribution in [-0.4, -0.2) is 14.9 Å². The maximum atomic E-state index is 12.9. The SMILES string of the molecule is CC(=O)C1=C(C)Nc2c(c(=O)n(C)c(=O)n2C)C1c1ccc(Cl)cc1. The van der Waals surface area contributed by atoms with E-state index in [2.05, 4.69) is 5.32 Å². The van der Waals surface area contributed by atoms with Gasteiger partial charge < -0.3 is 5.32 Å². The lowest BCUT2D eigenvalue weighted by atomic mass is 9.80. The molecule has 2 aromatic rings. The zero-order valence-electron chi connectivity index (χ0n) is 14.4. The lowest BCUT2D eigenvalue weighted by molar-refractivity contribution is -0.113. The average molecular weight is 360 g/mol. The molecule has 6 nitrogen and oxygen atoms in total. The van der Waals surface area contributed by atoms with Gasteiger partial charge in [0.25, 0.3) is 5.56 Å². The van der Waals surface area contributed by atoms with E-state index in [9.17, 15) is 14.4 Å². The Morgan fingerprint density at radius 3 is 2.28 bits per heavy atom. The molecule has 1 aliphatic rings. The number of nitrogens with one attached hydrogen (secondary N) is 1. The molecule has 0 fully saturated rings. The Morgan fingerprint density at radius 1 is 1.12 bits per heavy atom. The van der Waals surface area contributed by atoms with Crippen LogP contribution in [0.4, 0.5) is 5.82 Å². The molecule has 1 aliphatic heterocycles. The molecule has 25 heavy (non-hydrogen) atoms. The third kappa shape index (κ3) is 2.62. The van der Waals surface area contributed by atoms with Crippen molar-refractivity contribution in [2.24, 2.45) is 14.1 Å². The number of hydrogen-bond donors (Lipinski definition) is 1. The van der Waals surface area contributed by atoms with Crippen molar-refractivity contribution < 1.29 is 4.79 Å². The van der Waals surface area contributed by atoms with Gasteiger partial charge in [-0.2, -0.15) is 0 Å². The predicted molar refractivity (Wildman–Crippen MR) is 97.2 cm³/mol. The number of benzene rings is 1. The van der Waals surface area contributed by atoms with Crippen LogP contribution in [0.2, 0.25) is 5.02 Å². The van der Waals surface area contributed by atoms with Gasteiger partial charge in [0.2, 0.25) is 0 Å². The van der Waals surface area contributed by atoms with Crippen LogP contribution in [0.3, 0.4) is 0 Å². The molecule has 0 saturated carbocycles. The Kier molecular flexibility index (Phi) is 4.16. The summed E-state index contributed by atoms with van der Waals surface area (Å²) in [5.41, 5.74) is 1.44. The molecule has 0 saturated heterocycles. The van der Waals surface area contributed by atoms with Crippen LogP contribution in [0, 0.1) is 0 Å². The van der Waals surface area contributed by atoms with Crippen LogP contribution in [0.1, 0.15) is 30.9 Å². The molecule has 1 unspecified atom stereocenters. The second-order valence-electron chi connectivity index (χ2n) is 6.17. The summed E-state index contributed by atoms with van der Waals surface area (Å²) in [6.07, 6.45) is 0. The molecule has 0 aliphatic carbocycles. The number of nitrogens with zero attached hydrogens (tertiary/aromatic N) is 2. The maximum Gasteiger partial charge on any atom is 0.332 e. The molecule has 0 amide bonds. The van der Waals surface area contributed by atoms with Crippen molar-refractivity contribution in [1.29, 1.82) is 0 Å². The van der Waals surface area contributed by atoms with Gasteiger partial charge in [-0.25, -0.2) is 4.79 Å². The van der Waals surface area contributed by atoms with E-state index in [0.29, 0.717) is 27.7 Å². The first-order chi connectivity index (χ1) is 11.7. The number of rotatable bonds is 2. The van der Waals surface area contributed by atoms with E-state index in [4.69, 9.17) is 11.6 Å². The molecule has 1 aromatic heterocycles. The quantitative estimate of drug-likeness (QED) is 0.891. The topological polar surface area (TPSA) is 73.1 Å². The smallest absolute Gasteiger partial charge is 0.332 e. The summed E-state index contributed by atoms with van der Waals surface area (Å²) in [5, 5.41) is 3.63. The van der Waals surface area contributed by atoms with E-state index in [-0.39, 0.29) is 5.78 Å². The van der Waals surface area contributed by atoms with Gasteiger partial charge in [-0.05, 0) is 31.5 Å². The van der Waals surface area contributed by atoms with Gasteiger partial charge in [-0.15, -0.1) is 0 Å². The highest BCUT2D eigenvalue weighted by Gasteiger charge is 2.35. The van der Waals surface area contributed by atoms with Crippen LogP contribution in [0.5, 0.6) is 0 Å². The summed E-state index contributed by atoms with van der Waals surface area (Å²) >= 11 is 5.98. The van der Waals surface area contributed by atoms with Crippen molar-refractivity contribution in [3.8, 4) is 0 Å². The molecule has 1 atom stereocenters. The monoisotopic (exact) mass is 359 g/mol. The molecule has 0 bridgehead atoms. The number of anilines is 1. The molecule has 7 heteroatoms. The minimum Gasteiger partial charge on any atom is -0.344 e. The third-order valence-electron chi connectivity index (χ3n) is 4.57. The first-order valence-corrected chi connectivity index (χ1v) is 8.16. The molecule has 0 radical (unpaired) electrons. The molecule has 1 aromatic carbocycles. The molecule has 3 rings (SSSR count). The van der Waals surface area contributed by atoms with Crippen molar-refractivity contribution in [3.05, 3.63) is 72.5 Å². The predicted octanol–water partition coefficient (Wildman–Crippen LogP) is 2.16. The normalized spacial score (nSPS) is 16.4. The van der Waals surface area contributed by atoms with Crippen molar-refractivity contribution in [2.45, 2.75) is 19.8 Å². The van der Waals surface area contributed by atoms with E-state index in [1.54, 1.807) is 38.2 Å². The average Bonchev–Trinajstić information content (AvgIpc) is 2.57. The number of ketones is 1. The molecular weight excluding hydrogens is 342 g/mol. The summed E-state index contributed by atoms with van der Waals surface area (Å²) in [6.45, 7) is 3.24. The number of hydrogen-bond acceptors (Lipinski definition) is 4. The summed E-state index contributed by atoms with van der Waals surface area (Å²) in [6, 6.07) is 7.03. The minimum absolute atomic E-state index is 0.133. The van der Waals surface area contributed by atoms with Crippen LogP contribution in [0.25, 0.3) is 0 Å². The summed E-state index contributed by atoms with van der Waals surface area (Å²) in [7, 11) is 3.03. The number of carbonyl (C=O) groups is 1. The Bertz CT molecular complexity index is 1030. The second kappa shape index (κ2) is 6.04. The van der Waals surface area contributed by atoms with E-state index in [0.717, 1.165) is 10.1 Å². The Hall–Kier alpha value is -2.60. The largest absolute Gasteiger partial charge is 0.344 e. The molecule has 130 valence electrons. The molecule has 2 heterocycles. The van der Waals surface area contributed by atoms with Gasteiger partial charge in [0.15, 0.2) is 5.78 Å². The maximum absolute atomic E-state index is 12.9. The summed E-state index contributed by atoms with van der Waals surface area (Å²) < 4.78 is 2.45. The molecule has 0 spiro atoms. The van der Waals surface area contributed by atoms with E-state index >= 15 is 0 Å². The highest BCUT2D eigenvalue weighted by Crippen LogP contribution is 2.39. The lowest BCUT2D eigenvalue weighted by Gasteiger charge is -2.30. The van der Waals surface area contributed by atoms with Gasteiger partial charge in [0, 0.05) is 36.3 Å². The first-order valence-electron chi connectivity index (χ1n) is 7.78. The van der Waals surface area contributed by atoms with Gasteiger partial charge in [0.05, 0.1) is 5.56 Å². The van der Waals surface area contributed by atoms with Crippen LogP contribution in [-0.2, 0) is 18.9 Å². The van der Waals surface area contributed by atoms with Crippen molar-refractivity contribution in [2.75, 3.05) is 5.32 Å². The fraction of sp³-hybridized carbons (Fsp3) is 0.278. The van der Waals surface area contributed by atoms with Gasteiger partial charge in [-0.1, -0.05) is 23.7 Å². The van der Waals surface area contributed by atoms with Crippen LogP contribution >= 0.6 is 11.6 Å². The third-order valence-corrected chi connectivity index (χ3v) is 4.82. The lowest BCUT2D eigenvalue weighted by Crippen LogP contribution is -2.43. The second-order valence-corrected chi connectivity index (χ2v) is 6.61. The van der Waals surface area contributed by atoms with Crippen molar-refractivity contribution in [1.82, 2.24) is 9.13 Å². The number of halogens is 1. The van der Waals surface area contributed by atoms with Crippen LogP contribution < -0.4 is 16.6 Å². The number of fused-ring (bicyclic) bond motifs is 1. The van der Waals surface area contributed by atoms with E-state index < -0.39 is 17.2 Å². The Labute approximate surface area is 149 Å². The zero-order chi connectivity index (χ0) is 18.5. The fourth-order valence-corrected chi connectivity index (χ4v) is 3.47. The highest BCUT2D eigenvalue weighted by atomic mass is 35.5. The number of allylic oxidation sites excluding steroid dienone is 2. The first kappa shape index (κ1) is 17.2. The highest BCUT2D eigenvalue weighted by molar-refractivity contribution is 6.30. The van der Waals surface area contributed by atoms with Gasteiger partial charge >= 0.3 is 5.69 Å². The van der Waals surface area contributed by atoms with Gasteiger partial charge in [-0.3, -0.25) is 18.7 Å². The molecular formula is C18H18ClN3O3. The fourth-order valence-electron chi connectivity index (χ4n) is 3.34.